The first-order chi connectivity index (χ1) is 8.79. The zero-order valence-corrected chi connectivity index (χ0v) is 10.9. The Kier molecular flexibility index (Phi) is 3.11. The Morgan fingerprint density at radius 3 is 3.11 bits per heavy atom. The van der Waals surface area contributed by atoms with Gasteiger partial charge >= 0.3 is 0 Å². The van der Waals surface area contributed by atoms with Crippen LogP contribution in [0.2, 0.25) is 5.02 Å². The Morgan fingerprint density at radius 2 is 2.28 bits per heavy atom. The standard InChI is InChI=1S/C13H15ClN4/c14-12-10(8-15)3-4-16-13(12)18-7-6-17-5-1-2-11(17)9-18/h3-4,11H,1-2,5-7,9H2. The highest BCUT2D eigenvalue weighted by molar-refractivity contribution is 6.34. The van der Waals surface area contributed by atoms with Crippen LogP contribution >= 0.6 is 11.6 Å². The zero-order valence-electron chi connectivity index (χ0n) is 10.1. The van der Waals surface area contributed by atoms with Gasteiger partial charge in [-0.05, 0) is 25.5 Å². The molecule has 18 heavy (non-hydrogen) atoms. The van der Waals surface area contributed by atoms with Crippen LogP contribution in [0, 0.1) is 11.3 Å². The van der Waals surface area contributed by atoms with E-state index in [1.54, 1.807) is 12.3 Å². The monoisotopic (exact) mass is 262 g/mol. The number of aromatic nitrogens is 1. The van der Waals surface area contributed by atoms with Crippen LogP contribution in [0.4, 0.5) is 5.82 Å². The van der Waals surface area contributed by atoms with Gasteiger partial charge in [0.15, 0.2) is 0 Å². The van der Waals surface area contributed by atoms with Crippen LogP contribution in [0.15, 0.2) is 12.3 Å². The minimum atomic E-state index is 0.492. The second-order valence-electron chi connectivity index (χ2n) is 4.89. The predicted molar refractivity (Wildman–Crippen MR) is 70.8 cm³/mol. The maximum Gasteiger partial charge on any atom is 0.148 e. The normalized spacial score (nSPS) is 23.8. The van der Waals surface area contributed by atoms with Gasteiger partial charge in [0, 0.05) is 31.9 Å². The SMILES string of the molecule is N#Cc1ccnc(N2CCN3CCCC3C2)c1Cl. The molecule has 0 aromatic carbocycles. The first kappa shape index (κ1) is 11.8. The zero-order chi connectivity index (χ0) is 12.5. The van der Waals surface area contributed by atoms with Crippen molar-refractivity contribution in [1.82, 2.24) is 9.88 Å². The Hall–Kier alpha value is -1.31. The molecule has 2 aliphatic heterocycles. The van der Waals surface area contributed by atoms with Crippen LogP contribution in [0.3, 0.4) is 0 Å². The maximum absolute atomic E-state index is 9.00. The first-order valence-corrected chi connectivity index (χ1v) is 6.71. The van der Waals surface area contributed by atoms with Gasteiger partial charge in [-0.15, -0.1) is 0 Å². The average Bonchev–Trinajstić information content (AvgIpc) is 2.86. The van der Waals surface area contributed by atoms with Crippen molar-refractivity contribution in [2.45, 2.75) is 18.9 Å². The molecule has 1 unspecified atom stereocenters. The summed E-state index contributed by atoms with van der Waals surface area (Å²) in [6.45, 7) is 4.21. The van der Waals surface area contributed by atoms with Crippen molar-refractivity contribution < 1.29 is 0 Å². The van der Waals surface area contributed by atoms with Crippen molar-refractivity contribution in [2.75, 3.05) is 31.1 Å². The number of piperazine rings is 1. The van der Waals surface area contributed by atoms with Crippen molar-refractivity contribution in [3.8, 4) is 6.07 Å². The number of pyridine rings is 1. The highest BCUT2D eigenvalue weighted by Gasteiger charge is 2.31. The van der Waals surface area contributed by atoms with E-state index in [4.69, 9.17) is 16.9 Å². The lowest BCUT2D eigenvalue weighted by atomic mass is 10.1. The lowest BCUT2D eigenvalue weighted by molar-refractivity contribution is 0.230. The molecule has 2 fully saturated rings. The Balaban J connectivity index is 1.85. The minimum Gasteiger partial charge on any atom is -0.352 e. The molecule has 1 aromatic heterocycles. The molecule has 0 spiro atoms. The number of nitriles is 1. The molecule has 0 N–H and O–H groups in total. The van der Waals surface area contributed by atoms with Crippen LogP contribution in [0.5, 0.6) is 0 Å². The van der Waals surface area contributed by atoms with Crippen molar-refractivity contribution in [2.24, 2.45) is 0 Å². The lowest BCUT2D eigenvalue weighted by Gasteiger charge is -2.38. The summed E-state index contributed by atoms with van der Waals surface area (Å²) in [5.41, 5.74) is 0.510. The highest BCUT2D eigenvalue weighted by atomic mass is 35.5. The summed E-state index contributed by atoms with van der Waals surface area (Å²) in [6.07, 6.45) is 4.21. The molecule has 0 bridgehead atoms. The number of anilines is 1. The van der Waals surface area contributed by atoms with Crippen LogP contribution in [0.25, 0.3) is 0 Å². The maximum atomic E-state index is 9.00. The third-order valence-corrected chi connectivity index (χ3v) is 4.25. The first-order valence-electron chi connectivity index (χ1n) is 6.33. The number of nitrogens with zero attached hydrogens (tertiary/aromatic N) is 4. The summed E-state index contributed by atoms with van der Waals surface area (Å²) in [7, 11) is 0. The topological polar surface area (TPSA) is 43.2 Å². The quantitative estimate of drug-likeness (QED) is 0.775. The summed E-state index contributed by atoms with van der Waals surface area (Å²) in [4.78, 5) is 9.11. The number of fused-ring (bicyclic) bond motifs is 1. The highest BCUT2D eigenvalue weighted by Crippen LogP contribution is 2.30. The molecule has 1 atom stereocenters. The number of rotatable bonds is 1. The number of halogens is 1. The van der Waals surface area contributed by atoms with Crippen LogP contribution in [0.1, 0.15) is 18.4 Å². The summed E-state index contributed by atoms with van der Waals surface area (Å²) in [6, 6.07) is 4.40. The van der Waals surface area contributed by atoms with Crippen LogP contribution < -0.4 is 4.90 Å². The molecule has 2 saturated heterocycles. The van der Waals surface area contributed by atoms with Gasteiger partial charge in [-0.2, -0.15) is 5.26 Å². The third-order valence-electron chi connectivity index (χ3n) is 3.88. The molecule has 3 heterocycles. The largest absolute Gasteiger partial charge is 0.352 e. The van der Waals surface area contributed by atoms with E-state index in [0.29, 0.717) is 16.6 Å². The van der Waals surface area contributed by atoms with Gasteiger partial charge in [0.1, 0.15) is 16.9 Å². The van der Waals surface area contributed by atoms with Crippen LogP contribution in [-0.2, 0) is 0 Å². The minimum absolute atomic E-state index is 0.492. The summed E-state index contributed by atoms with van der Waals surface area (Å²) in [5, 5.41) is 9.49. The molecule has 94 valence electrons. The fraction of sp³-hybridized carbons (Fsp3) is 0.538. The second-order valence-corrected chi connectivity index (χ2v) is 5.26. The Bertz CT molecular complexity index is 496. The van der Waals surface area contributed by atoms with Gasteiger partial charge in [-0.25, -0.2) is 4.98 Å². The molecule has 5 heteroatoms. The molecule has 2 aliphatic rings. The van der Waals surface area contributed by atoms with E-state index in [1.807, 2.05) is 0 Å². The van der Waals surface area contributed by atoms with E-state index in [0.717, 1.165) is 25.5 Å². The van der Waals surface area contributed by atoms with E-state index in [-0.39, 0.29) is 0 Å². The Labute approximate surface area is 112 Å². The van der Waals surface area contributed by atoms with Crippen LogP contribution in [-0.4, -0.2) is 42.1 Å². The summed E-state index contributed by atoms with van der Waals surface area (Å²) < 4.78 is 0. The van der Waals surface area contributed by atoms with Crippen molar-refractivity contribution >= 4 is 17.4 Å². The summed E-state index contributed by atoms with van der Waals surface area (Å²) >= 11 is 6.24. The molecular formula is C13H15ClN4. The van der Waals surface area contributed by atoms with Crippen molar-refractivity contribution in [3.05, 3.63) is 22.8 Å². The van der Waals surface area contributed by atoms with E-state index < -0.39 is 0 Å². The predicted octanol–water partition coefficient (Wildman–Crippen LogP) is 1.89. The molecule has 0 saturated carbocycles. The van der Waals surface area contributed by atoms with Gasteiger partial charge in [0.2, 0.25) is 0 Å². The van der Waals surface area contributed by atoms with E-state index in [1.165, 1.54) is 19.4 Å². The van der Waals surface area contributed by atoms with Crippen molar-refractivity contribution in [3.63, 3.8) is 0 Å². The fourth-order valence-electron chi connectivity index (χ4n) is 2.92. The molecule has 0 aliphatic carbocycles. The van der Waals surface area contributed by atoms with Gasteiger partial charge in [0.05, 0.1) is 5.56 Å². The third kappa shape index (κ3) is 1.94. The van der Waals surface area contributed by atoms with Gasteiger partial charge in [-0.1, -0.05) is 11.6 Å². The smallest absolute Gasteiger partial charge is 0.148 e. The molecule has 1 aromatic rings. The van der Waals surface area contributed by atoms with Crippen molar-refractivity contribution in [1.29, 1.82) is 5.26 Å². The van der Waals surface area contributed by atoms with Gasteiger partial charge in [0.25, 0.3) is 0 Å². The number of hydrogen-bond acceptors (Lipinski definition) is 4. The number of hydrogen-bond donors (Lipinski definition) is 0. The van der Waals surface area contributed by atoms with E-state index in [2.05, 4.69) is 20.9 Å². The molecule has 0 radical (unpaired) electrons. The second kappa shape index (κ2) is 4.75. The van der Waals surface area contributed by atoms with E-state index in [9.17, 15) is 0 Å². The molecular weight excluding hydrogens is 248 g/mol. The van der Waals surface area contributed by atoms with Gasteiger partial charge in [-0.3, -0.25) is 4.90 Å². The Morgan fingerprint density at radius 1 is 1.39 bits per heavy atom. The molecule has 0 amide bonds. The molecule has 4 nitrogen and oxygen atoms in total. The van der Waals surface area contributed by atoms with Gasteiger partial charge < -0.3 is 4.90 Å². The average molecular weight is 263 g/mol. The van der Waals surface area contributed by atoms with E-state index >= 15 is 0 Å². The molecule has 3 rings (SSSR count). The summed E-state index contributed by atoms with van der Waals surface area (Å²) in [5.74, 6) is 0.766. The fourth-order valence-corrected chi connectivity index (χ4v) is 3.20. The lowest BCUT2D eigenvalue weighted by Crippen LogP contribution is -2.50.